The second-order valence-corrected chi connectivity index (χ2v) is 6.80. The van der Waals surface area contributed by atoms with E-state index in [0.717, 1.165) is 36.4 Å². The Morgan fingerprint density at radius 2 is 2.07 bits per heavy atom. The minimum atomic E-state index is -0.413. The molecular weight excluding hydrogens is 357 g/mol. The number of nitrogens with one attached hydrogen (secondary N) is 2. The molecule has 1 aliphatic heterocycles. The minimum Gasteiger partial charge on any atom is -0.383 e. The van der Waals surface area contributed by atoms with E-state index in [1.165, 1.54) is 6.07 Å². The quantitative estimate of drug-likeness (QED) is 0.664. The SMILES string of the molecule is CCCN(CCOC)c1ccc(NC=C2C(=O)Nc3cccc(F)c32)cc1C. The number of hydrogen-bond donors (Lipinski definition) is 2. The number of nitrogens with zero attached hydrogens (tertiary/aromatic N) is 1. The summed E-state index contributed by atoms with van der Waals surface area (Å²) in [5, 5.41) is 5.82. The molecule has 0 saturated heterocycles. The van der Waals surface area contributed by atoms with E-state index in [4.69, 9.17) is 4.74 Å². The third-order valence-electron chi connectivity index (χ3n) is 4.76. The number of carbonyl (C=O) groups is 1. The Hall–Kier alpha value is -2.86. The van der Waals surface area contributed by atoms with E-state index in [2.05, 4.69) is 35.4 Å². The Labute approximate surface area is 165 Å². The third-order valence-corrected chi connectivity index (χ3v) is 4.76. The fourth-order valence-electron chi connectivity index (χ4n) is 3.42. The number of halogens is 1. The topological polar surface area (TPSA) is 53.6 Å². The molecule has 2 aromatic rings. The molecule has 0 atom stereocenters. The molecule has 28 heavy (non-hydrogen) atoms. The molecule has 148 valence electrons. The average molecular weight is 383 g/mol. The molecule has 0 aromatic heterocycles. The van der Waals surface area contributed by atoms with Crippen molar-refractivity contribution >= 4 is 28.5 Å². The molecule has 0 spiro atoms. The summed E-state index contributed by atoms with van der Waals surface area (Å²) in [7, 11) is 1.71. The molecule has 0 saturated carbocycles. The van der Waals surface area contributed by atoms with Crippen LogP contribution in [0.3, 0.4) is 0 Å². The van der Waals surface area contributed by atoms with Crippen LogP contribution in [0.25, 0.3) is 5.57 Å². The summed E-state index contributed by atoms with van der Waals surface area (Å²) in [4.78, 5) is 14.5. The maximum Gasteiger partial charge on any atom is 0.257 e. The Bertz CT molecular complexity index is 895. The first-order valence-electron chi connectivity index (χ1n) is 9.46. The molecule has 5 nitrogen and oxygen atoms in total. The Balaban J connectivity index is 1.80. The van der Waals surface area contributed by atoms with Gasteiger partial charge in [-0.1, -0.05) is 13.0 Å². The van der Waals surface area contributed by atoms with Crippen molar-refractivity contribution in [2.24, 2.45) is 0 Å². The van der Waals surface area contributed by atoms with E-state index in [1.807, 2.05) is 12.1 Å². The summed E-state index contributed by atoms with van der Waals surface area (Å²) in [6, 6.07) is 10.7. The summed E-state index contributed by atoms with van der Waals surface area (Å²) in [6.07, 6.45) is 2.61. The van der Waals surface area contributed by atoms with Crippen molar-refractivity contribution in [3.05, 3.63) is 59.5 Å². The van der Waals surface area contributed by atoms with Crippen LogP contribution in [-0.2, 0) is 9.53 Å². The van der Waals surface area contributed by atoms with E-state index in [-0.39, 0.29) is 5.91 Å². The zero-order chi connectivity index (χ0) is 20.1. The molecule has 0 radical (unpaired) electrons. The van der Waals surface area contributed by atoms with Gasteiger partial charge in [-0.25, -0.2) is 4.39 Å². The smallest absolute Gasteiger partial charge is 0.257 e. The molecular formula is C22H26FN3O2. The first-order chi connectivity index (χ1) is 13.5. The number of methoxy groups -OCH3 is 1. The monoisotopic (exact) mass is 383 g/mol. The van der Waals surface area contributed by atoms with Crippen molar-refractivity contribution < 1.29 is 13.9 Å². The lowest BCUT2D eigenvalue weighted by molar-refractivity contribution is -0.110. The number of carbonyl (C=O) groups excluding carboxylic acids is 1. The van der Waals surface area contributed by atoms with Crippen molar-refractivity contribution in [1.82, 2.24) is 0 Å². The molecule has 0 aliphatic carbocycles. The first kappa shape index (κ1) is 19.9. The molecule has 0 fully saturated rings. The maximum atomic E-state index is 14.1. The summed E-state index contributed by atoms with van der Waals surface area (Å²) in [5.41, 5.74) is 4.22. The van der Waals surface area contributed by atoms with Crippen LogP contribution in [0.2, 0.25) is 0 Å². The molecule has 6 heteroatoms. The standard InChI is InChI=1S/C22H26FN3O2/c1-4-10-26(11-12-28-3)20-9-8-16(13-15(20)2)24-14-17-21-18(23)6-5-7-19(21)25-22(17)27/h5-9,13-14,24H,4,10-12H2,1-3H3,(H,25,27). The van der Waals surface area contributed by atoms with Gasteiger partial charge in [0.25, 0.3) is 5.91 Å². The molecule has 0 bridgehead atoms. The number of rotatable bonds is 8. The molecule has 2 aromatic carbocycles. The summed E-state index contributed by atoms with van der Waals surface area (Å²) >= 11 is 0. The van der Waals surface area contributed by atoms with Crippen LogP contribution in [0.4, 0.5) is 21.5 Å². The van der Waals surface area contributed by atoms with Crippen LogP contribution in [0.5, 0.6) is 0 Å². The van der Waals surface area contributed by atoms with Crippen LogP contribution < -0.4 is 15.5 Å². The van der Waals surface area contributed by atoms with Crippen molar-refractivity contribution in [3.63, 3.8) is 0 Å². The largest absolute Gasteiger partial charge is 0.383 e. The predicted octanol–water partition coefficient (Wildman–Crippen LogP) is 4.40. The summed E-state index contributed by atoms with van der Waals surface area (Å²) < 4.78 is 19.4. The van der Waals surface area contributed by atoms with Gasteiger partial charge in [0.1, 0.15) is 5.82 Å². The number of hydrogen-bond acceptors (Lipinski definition) is 4. The first-order valence-corrected chi connectivity index (χ1v) is 9.46. The minimum absolute atomic E-state index is 0.294. The summed E-state index contributed by atoms with van der Waals surface area (Å²) in [5.74, 6) is -0.724. The van der Waals surface area contributed by atoms with Crippen molar-refractivity contribution in [1.29, 1.82) is 0 Å². The van der Waals surface area contributed by atoms with E-state index in [9.17, 15) is 9.18 Å². The second-order valence-electron chi connectivity index (χ2n) is 6.80. The Kier molecular flexibility index (Phi) is 6.31. The van der Waals surface area contributed by atoms with Gasteiger partial charge in [-0.15, -0.1) is 0 Å². The number of fused-ring (bicyclic) bond motifs is 1. The predicted molar refractivity (Wildman–Crippen MR) is 112 cm³/mol. The maximum absolute atomic E-state index is 14.1. The highest BCUT2D eigenvalue weighted by atomic mass is 19.1. The Morgan fingerprint density at radius 1 is 1.25 bits per heavy atom. The van der Waals surface area contributed by atoms with Gasteiger partial charge in [-0.05, 0) is 49.2 Å². The fourth-order valence-corrected chi connectivity index (χ4v) is 3.42. The van der Waals surface area contributed by atoms with Gasteiger partial charge in [0.15, 0.2) is 0 Å². The number of benzene rings is 2. The van der Waals surface area contributed by atoms with Crippen molar-refractivity contribution in [2.75, 3.05) is 42.3 Å². The molecule has 0 unspecified atom stereocenters. The zero-order valence-electron chi connectivity index (χ0n) is 16.5. The number of aryl methyl sites for hydroxylation is 1. The van der Waals surface area contributed by atoms with E-state index in [1.54, 1.807) is 25.4 Å². The molecule has 1 amide bonds. The molecule has 1 aliphatic rings. The molecule has 3 rings (SSSR count). The average Bonchev–Trinajstić information content (AvgIpc) is 3.00. The fraction of sp³-hybridized carbons (Fsp3) is 0.318. The lowest BCUT2D eigenvalue weighted by Gasteiger charge is -2.26. The Morgan fingerprint density at radius 3 is 2.79 bits per heavy atom. The lowest BCUT2D eigenvalue weighted by Crippen LogP contribution is -2.28. The van der Waals surface area contributed by atoms with E-state index < -0.39 is 5.82 Å². The van der Waals surface area contributed by atoms with Crippen molar-refractivity contribution in [3.8, 4) is 0 Å². The number of anilines is 3. The highest BCUT2D eigenvalue weighted by Crippen LogP contribution is 2.34. The van der Waals surface area contributed by atoms with Gasteiger partial charge < -0.3 is 20.3 Å². The van der Waals surface area contributed by atoms with Crippen LogP contribution in [0.1, 0.15) is 24.5 Å². The highest BCUT2D eigenvalue weighted by Gasteiger charge is 2.27. The van der Waals surface area contributed by atoms with E-state index in [0.29, 0.717) is 23.4 Å². The number of amides is 1. The van der Waals surface area contributed by atoms with Gasteiger partial charge in [0.05, 0.1) is 17.9 Å². The van der Waals surface area contributed by atoms with Crippen LogP contribution in [0.15, 0.2) is 42.6 Å². The molecule has 2 N–H and O–H groups in total. The lowest BCUT2D eigenvalue weighted by atomic mass is 10.1. The van der Waals surface area contributed by atoms with Gasteiger partial charge >= 0.3 is 0 Å². The van der Waals surface area contributed by atoms with Gasteiger partial charge in [0.2, 0.25) is 0 Å². The highest BCUT2D eigenvalue weighted by molar-refractivity contribution is 6.31. The number of ether oxygens (including phenoxy) is 1. The summed E-state index contributed by atoms with van der Waals surface area (Å²) in [6.45, 7) is 6.67. The van der Waals surface area contributed by atoms with E-state index >= 15 is 0 Å². The van der Waals surface area contributed by atoms with Gasteiger partial charge in [-0.2, -0.15) is 0 Å². The third kappa shape index (κ3) is 4.17. The molecule has 1 heterocycles. The van der Waals surface area contributed by atoms with Crippen LogP contribution in [-0.4, -0.2) is 32.7 Å². The normalized spacial score (nSPS) is 14.1. The van der Waals surface area contributed by atoms with Gasteiger partial charge in [-0.3, -0.25) is 4.79 Å². The second kappa shape index (κ2) is 8.89. The van der Waals surface area contributed by atoms with Crippen LogP contribution in [0, 0.1) is 12.7 Å². The zero-order valence-corrected chi connectivity index (χ0v) is 16.5. The van der Waals surface area contributed by atoms with Crippen molar-refractivity contribution in [2.45, 2.75) is 20.3 Å². The van der Waals surface area contributed by atoms with Gasteiger partial charge in [0, 0.05) is 43.3 Å². The van der Waals surface area contributed by atoms with Crippen LogP contribution >= 0.6 is 0 Å².